The van der Waals surface area contributed by atoms with Gasteiger partial charge in [0.2, 0.25) is 12.3 Å². The lowest BCUT2D eigenvalue weighted by molar-refractivity contribution is -0.509. The Kier molecular flexibility index (Phi) is 7.56. The number of aliphatic imine (C=N–C) groups is 2. The van der Waals surface area contributed by atoms with Gasteiger partial charge in [-0.05, 0) is 31.7 Å². The second-order valence-corrected chi connectivity index (χ2v) is 8.96. The molecular weight excluding hydrogens is 436 g/mol. The molecule has 2 heterocycles. The van der Waals surface area contributed by atoms with Crippen LogP contribution in [0.5, 0.6) is 0 Å². The Labute approximate surface area is 199 Å². The Bertz CT molecular complexity index is 974. The molecule has 0 aromatic carbocycles. The zero-order chi connectivity index (χ0) is 24.1. The van der Waals surface area contributed by atoms with Crippen molar-refractivity contribution in [3.8, 4) is 0 Å². The van der Waals surface area contributed by atoms with Crippen LogP contribution in [0.25, 0.3) is 0 Å². The van der Waals surface area contributed by atoms with Gasteiger partial charge in [-0.25, -0.2) is 4.99 Å². The maximum absolute atomic E-state index is 11.8. The normalized spacial score (nSPS) is 29.5. The number of allylic oxidation sites excluding steroid dienone is 4. The first-order chi connectivity index (χ1) is 16.5. The molecule has 10 nitrogen and oxygen atoms in total. The zero-order valence-corrected chi connectivity index (χ0v) is 19.7. The lowest BCUT2D eigenvalue weighted by Gasteiger charge is -2.37. The van der Waals surface area contributed by atoms with Gasteiger partial charge in [0.1, 0.15) is 17.5 Å². The van der Waals surface area contributed by atoms with Crippen molar-refractivity contribution in [3.05, 3.63) is 58.0 Å². The minimum atomic E-state index is -0.813. The molecule has 0 saturated carbocycles. The Morgan fingerprint density at radius 2 is 1.94 bits per heavy atom. The van der Waals surface area contributed by atoms with Crippen molar-refractivity contribution in [1.29, 1.82) is 0 Å². The third-order valence-corrected chi connectivity index (χ3v) is 6.52. The number of nitrogens with one attached hydrogen (secondary N) is 1. The highest BCUT2D eigenvalue weighted by atomic mass is 16.6. The van der Waals surface area contributed by atoms with E-state index in [4.69, 9.17) is 9.73 Å². The summed E-state index contributed by atoms with van der Waals surface area (Å²) >= 11 is 0. The van der Waals surface area contributed by atoms with Gasteiger partial charge in [0, 0.05) is 43.2 Å². The summed E-state index contributed by atoms with van der Waals surface area (Å²) in [5, 5.41) is 14.6. The summed E-state index contributed by atoms with van der Waals surface area (Å²) in [6.07, 6.45) is 12.8. The van der Waals surface area contributed by atoms with Crippen LogP contribution in [0.2, 0.25) is 0 Å². The predicted octanol–water partition coefficient (Wildman–Crippen LogP) is 1.70. The van der Waals surface area contributed by atoms with Gasteiger partial charge in [0.15, 0.2) is 12.1 Å². The molecule has 2 aliphatic heterocycles. The van der Waals surface area contributed by atoms with Gasteiger partial charge in [-0.1, -0.05) is 25.2 Å². The molecule has 34 heavy (non-hydrogen) atoms. The van der Waals surface area contributed by atoms with Gasteiger partial charge in [0.25, 0.3) is 0 Å². The van der Waals surface area contributed by atoms with E-state index in [0.717, 1.165) is 38.9 Å². The molecule has 0 bridgehead atoms. The smallest absolute Gasteiger partial charge is 0.238 e. The van der Waals surface area contributed by atoms with Crippen molar-refractivity contribution in [2.45, 2.75) is 50.5 Å². The molecular formula is C24H32N6O4. The van der Waals surface area contributed by atoms with Gasteiger partial charge in [-0.2, -0.15) is 0 Å². The number of piperazine rings is 1. The van der Waals surface area contributed by atoms with Crippen molar-refractivity contribution >= 4 is 17.8 Å². The van der Waals surface area contributed by atoms with Crippen LogP contribution in [-0.2, 0) is 9.53 Å². The first kappa shape index (κ1) is 23.9. The first-order valence-electron chi connectivity index (χ1n) is 11.8. The maximum Gasteiger partial charge on any atom is 0.238 e. The number of rotatable bonds is 7. The quantitative estimate of drug-likeness (QED) is 0.344. The highest BCUT2D eigenvalue weighted by Gasteiger charge is 2.32. The Morgan fingerprint density at radius 3 is 2.65 bits per heavy atom. The fourth-order valence-corrected chi connectivity index (χ4v) is 4.46. The predicted molar refractivity (Wildman–Crippen MR) is 130 cm³/mol. The summed E-state index contributed by atoms with van der Waals surface area (Å²) in [6.45, 7) is 6.01. The van der Waals surface area contributed by atoms with E-state index in [0.29, 0.717) is 18.0 Å². The molecule has 10 heteroatoms. The van der Waals surface area contributed by atoms with Gasteiger partial charge < -0.3 is 19.9 Å². The zero-order valence-electron chi connectivity index (χ0n) is 19.7. The number of likely N-dealkylation sites (N-methyl/N-ethyl adjacent to an activating group) is 1. The number of carbonyl (C=O) groups excluding carboxylic acids is 1. The first-order valence-corrected chi connectivity index (χ1v) is 11.8. The van der Waals surface area contributed by atoms with Crippen molar-refractivity contribution in [2.75, 3.05) is 33.2 Å². The van der Waals surface area contributed by atoms with E-state index < -0.39 is 12.3 Å². The van der Waals surface area contributed by atoms with Crippen molar-refractivity contribution < 1.29 is 14.5 Å². The molecule has 0 aromatic rings. The van der Waals surface area contributed by atoms with Crippen molar-refractivity contribution in [2.24, 2.45) is 9.98 Å². The van der Waals surface area contributed by atoms with Crippen molar-refractivity contribution in [3.63, 3.8) is 0 Å². The molecule has 0 aromatic heterocycles. The van der Waals surface area contributed by atoms with Gasteiger partial charge in [-0.15, -0.1) is 0 Å². The molecule has 1 N–H and O–H groups in total. The third-order valence-electron chi connectivity index (χ3n) is 6.52. The summed E-state index contributed by atoms with van der Waals surface area (Å²) in [6, 6.07) is -1.18. The van der Waals surface area contributed by atoms with E-state index in [9.17, 15) is 14.9 Å². The minimum absolute atomic E-state index is 0.0296. The SMILES string of the molecule is CCC1N=C(C=O)C(NC2C=CC=C(N3CCN(C)CC3)C2)=NC1OC1=CC=CC([N+](=O)[O-])C1. The van der Waals surface area contributed by atoms with E-state index in [1.54, 1.807) is 18.2 Å². The number of ether oxygens (including phenoxy) is 1. The van der Waals surface area contributed by atoms with Crippen LogP contribution >= 0.6 is 0 Å². The Morgan fingerprint density at radius 1 is 1.18 bits per heavy atom. The maximum atomic E-state index is 11.8. The summed E-state index contributed by atoms with van der Waals surface area (Å²) in [7, 11) is 2.14. The summed E-state index contributed by atoms with van der Waals surface area (Å²) in [5.41, 5.74) is 1.54. The molecule has 1 fully saturated rings. The topological polar surface area (TPSA) is 113 Å². The van der Waals surface area contributed by atoms with Gasteiger partial charge in [0.05, 0.1) is 12.5 Å². The van der Waals surface area contributed by atoms with Crippen LogP contribution in [0.15, 0.2) is 57.9 Å². The summed E-state index contributed by atoms with van der Waals surface area (Å²) in [4.78, 5) is 36.7. The van der Waals surface area contributed by atoms with Crippen LogP contribution in [0.1, 0.15) is 26.2 Å². The number of hydrogen-bond acceptors (Lipinski definition) is 9. The Balaban J connectivity index is 1.45. The van der Waals surface area contributed by atoms with E-state index in [2.05, 4.69) is 39.3 Å². The third kappa shape index (κ3) is 5.61. The second-order valence-electron chi connectivity index (χ2n) is 8.96. The monoisotopic (exact) mass is 468 g/mol. The molecule has 0 spiro atoms. The molecule has 4 unspecified atom stereocenters. The van der Waals surface area contributed by atoms with E-state index >= 15 is 0 Å². The lowest BCUT2D eigenvalue weighted by Crippen LogP contribution is -2.48. The van der Waals surface area contributed by atoms with E-state index in [-0.39, 0.29) is 29.1 Å². The van der Waals surface area contributed by atoms with E-state index in [1.807, 2.05) is 13.0 Å². The highest BCUT2D eigenvalue weighted by molar-refractivity contribution is 6.61. The van der Waals surface area contributed by atoms with Gasteiger partial charge >= 0.3 is 0 Å². The number of carbonyl (C=O) groups is 1. The summed E-state index contributed by atoms with van der Waals surface area (Å²) < 4.78 is 6.07. The van der Waals surface area contributed by atoms with Crippen molar-refractivity contribution in [1.82, 2.24) is 15.1 Å². The standard InChI is InChI=1S/C24H32N6O4/c1-3-21-24(34-20-9-5-8-19(15-20)30(32)33)27-23(22(16-31)26-21)25-17-6-4-7-18(14-17)29-12-10-28(2)11-13-29/h4-9,16-17,19,21,24H,3,10-15H2,1-2H3,(H,25,27). The van der Waals surface area contributed by atoms with Crippen LogP contribution in [-0.4, -0.2) is 90.1 Å². The number of nitro groups is 1. The fourth-order valence-electron chi connectivity index (χ4n) is 4.46. The molecule has 2 aliphatic carbocycles. The molecule has 4 rings (SSSR count). The van der Waals surface area contributed by atoms with Crippen LogP contribution in [0.3, 0.4) is 0 Å². The molecule has 182 valence electrons. The molecule has 1 saturated heterocycles. The molecule has 4 atom stereocenters. The number of hydrogen-bond donors (Lipinski definition) is 1. The highest BCUT2D eigenvalue weighted by Crippen LogP contribution is 2.24. The Hall–Kier alpha value is -3.27. The molecule has 0 radical (unpaired) electrons. The number of aldehydes is 1. The number of nitrogens with zero attached hydrogens (tertiary/aromatic N) is 5. The number of amidine groups is 1. The average molecular weight is 469 g/mol. The van der Waals surface area contributed by atoms with E-state index in [1.165, 1.54) is 5.70 Å². The average Bonchev–Trinajstić information content (AvgIpc) is 2.85. The van der Waals surface area contributed by atoms with Gasteiger partial charge in [-0.3, -0.25) is 19.9 Å². The van der Waals surface area contributed by atoms with Crippen LogP contribution in [0.4, 0.5) is 0 Å². The van der Waals surface area contributed by atoms with Crippen LogP contribution in [0, 0.1) is 10.1 Å². The lowest BCUT2D eigenvalue weighted by atomic mass is 10.0. The van der Waals surface area contributed by atoms with Crippen LogP contribution < -0.4 is 5.32 Å². The largest absolute Gasteiger partial charge is 0.470 e. The fraction of sp³-hybridized carbons (Fsp3) is 0.542. The second kappa shape index (κ2) is 10.8. The molecule has 0 amide bonds. The minimum Gasteiger partial charge on any atom is -0.470 e. The molecule has 4 aliphatic rings. The summed E-state index contributed by atoms with van der Waals surface area (Å²) in [5.74, 6) is 0.898.